The number of carbonyl (C=O) groups is 1. The molecule has 0 bridgehead atoms. The van der Waals surface area contributed by atoms with Gasteiger partial charge in [0.2, 0.25) is 0 Å². The third-order valence-electron chi connectivity index (χ3n) is 2.39. The predicted octanol–water partition coefficient (Wildman–Crippen LogP) is 0.603. The first-order valence-electron chi connectivity index (χ1n) is 4.73. The van der Waals surface area contributed by atoms with Crippen molar-refractivity contribution in [2.24, 2.45) is 0 Å². The van der Waals surface area contributed by atoms with Gasteiger partial charge >= 0.3 is 6.09 Å². The minimum Gasteiger partial charge on any atom is -0.450 e. The fraction of sp³-hybridized carbons (Fsp3) is 0.700. The Morgan fingerprint density at radius 3 is 2.64 bits per heavy atom. The molecular weight excluding hydrogens is 182 g/mol. The lowest BCUT2D eigenvalue weighted by Crippen LogP contribution is -2.46. The number of piperidine rings is 1. The highest BCUT2D eigenvalue weighted by Crippen LogP contribution is 2.21. The molecule has 0 unspecified atom stereocenters. The van der Waals surface area contributed by atoms with Crippen molar-refractivity contribution >= 4 is 6.09 Å². The van der Waals surface area contributed by atoms with Crippen LogP contribution in [0.2, 0.25) is 0 Å². The summed E-state index contributed by atoms with van der Waals surface area (Å²) in [5, 5.41) is 9.69. The van der Waals surface area contributed by atoms with E-state index in [2.05, 4.69) is 5.92 Å². The van der Waals surface area contributed by atoms with E-state index in [0.717, 1.165) is 0 Å². The summed E-state index contributed by atoms with van der Waals surface area (Å²) in [5.41, 5.74) is -1.04. The molecule has 0 aromatic carbocycles. The molecule has 4 nitrogen and oxygen atoms in total. The molecule has 1 N–H and O–H groups in total. The first-order chi connectivity index (χ1) is 6.61. The number of rotatable bonds is 1. The molecule has 0 atom stereocenters. The third kappa shape index (κ3) is 2.39. The molecule has 78 valence electrons. The highest BCUT2D eigenvalue weighted by Gasteiger charge is 2.32. The second-order valence-corrected chi connectivity index (χ2v) is 3.36. The van der Waals surface area contributed by atoms with Crippen LogP contribution in [-0.4, -0.2) is 41.4 Å². The van der Waals surface area contributed by atoms with Crippen molar-refractivity contribution in [3.8, 4) is 12.3 Å². The van der Waals surface area contributed by atoms with E-state index in [1.54, 1.807) is 11.8 Å². The molecule has 1 heterocycles. The van der Waals surface area contributed by atoms with E-state index in [1.165, 1.54) is 0 Å². The Kier molecular flexibility index (Phi) is 3.37. The van der Waals surface area contributed by atoms with Gasteiger partial charge in [-0.3, -0.25) is 0 Å². The summed E-state index contributed by atoms with van der Waals surface area (Å²) in [4.78, 5) is 12.8. The van der Waals surface area contributed by atoms with Crippen LogP contribution < -0.4 is 0 Å². The summed E-state index contributed by atoms with van der Waals surface area (Å²) >= 11 is 0. The molecule has 1 saturated heterocycles. The lowest BCUT2D eigenvalue weighted by molar-refractivity contribution is 0.0229. The van der Waals surface area contributed by atoms with Gasteiger partial charge in [0.25, 0.3) is 0 Å². The fourth-order valence-electron chi connectivity index (χ4n) is 1.42. The van der Waals surface area contributed by atoms with E-state index in [4.69, 9.17) is 11.2 Å². The van der Waals surface area contributed by atoms with E-state index in [0.29, 0.717) is 32.5 Å². The largest absolute Gasteiger partial charge is 0.450 e. The molecule has 0 aliphatic carbocycles. The summed E-state index contributed by atoms with van der Waals surface area (Å²) < 4.78 is 4.84. The lowest BCUT2D eigenvalue weighted by Gasteiger charge is -2.34. The molecule has 1 amide bonds. The number of ether oxygens (including phenoxy) is 1. The standard InChI is InChI=1S/C10H15NO3/c1-3-10(13)5-7-11(8-6-10)9(12)14-4-2/h1,13H,4-8H2,2H3. The monoisotopic (exact) mass is 197 g/mol. The number of hydrogen-bond acceptors (Lipinski definition) is 3. The normalized spacial score (nSPS) is 19.9. The van der Waals surface area contributed by atoms with Crippen molar-refractivity contribution in [2.45, 2.75) is 25.4 Å². The van der Waals surface area contributed by atoms with Gasteiger partial charge in [0.15, 0.2) is 0 Å². The van der Waals surface area contributed by atoms with Gasteiger partial charge in [0, 0.05) is 25.9 Å². The molecule has 0 aromatic heterocycles. The Balaban J connectivity index is 2.44. The summed E-state index contributed by atoms with van der Waals surface area (Å²) in [5.74, 6) is 2.35. The fourth-order valence-corrected chi connectivity index (χ4v) is 1.42. The van der Waals surface area contributed by atoms with Gasteiger partial charge in [-0.15, -0.1) is 6.42 Å². The second-order valence-electron chi connectivity index (χ2n) is 3.36. The van der Waals surface area contributed by atoms with Crippen LogP contribution in [0.25, 0.3) is 0 Å². The maximum absolute atomic E-state index is 11.3. The van der Waals surface area contributed by atoms with Gasteiger partial charge in [-0.25, -0.2) is 4.79 Å². The molecule has 0 spiro atoms. The van der Waals surface area contributed by atoms with Crippen molar-refractivity contribution < 1.29 is 14.6 Å². The molecule has 1 aliphatic rings. The van der Waals surface area contributed by atoms with Gasteiger partial charge in [-0.2, -0.15) is 0 Å². The minimum atomic E-state index is -1.04. The number of amides is 1. The Labute approximate surface area is 83.8 Å². The summed E-state index contributed by atoms with van der Waals surface area (Å²) in [6.45, 7) is 3.05. The maximum atomic E-state index is 11.3. The van der Waals surface area contributed by atoms with E-state index >= 15 is 0 Å². The Morgan fingerprint density at radius 1 is 1.64 bits per heavy atom. The molecule has 1 fully saturated rings. The van der Waals surface area contributed by atoms with Crippen molar-refractivity contribution in [1.82, 2.24) is 4.90 Å². The average Bonchev–Trinajstić information content (AvgIpc) is 2.19. The van der Waals surface area contributed by atoms with Crippen LogP contribution in [0, 0.1) is 12.3 Å². The molecule has 1 aliphatic heterocycles. The zero-order valence-electron chi connectivity index (χ0n) is 8.32. The van der Waals surface area contributed by atoms with Crippen molar-refractivity contribution in [3.63, 3.8) is 0 Å². The number of terminal acetylenes is 1. The van der Waals surface area contributed by atoms with Gasteiger partial charge in [-0.1, -0.05) is 5.92 Å². The van der Waals surface area contributed by atoms with E-state index in [-0.39, 0.29) is 6.09 Å². The van der Waals surface area contributed by atoms with E-state index in [9.17, 15) is 9.90 Å². The van der Waals surface area contributed by atoms with Gasteiger partial charge in [0.05, 0.1) is 6.61 Å². The van der Waals surface area contributed by atoms with Gasteiger partial charge in [0.1, 0.15) is 5.60 Å². The summed E-state index contributed by atoms with van der Waals surface area (Å²) in [6.07, 6.45) is 5.69. The van der Waals surface area contributed by atoms with Crippen LogP contribution in [0.3, 0.4) is 0 Å². The molecular formula is C10H15NO3. The highest BCUT2D eigenvalue weighted by atomic mass is 16.6. The first kappa shape index (κ1) is 10.9. The van der Waals surface area contributed by atoms with E-state index in [1.807, 2.05) is 0 Å². The number of nitrogens with zero attached hydrogens (tertiary/aromatic N) is 1. The van der Waals surface area contributed by atoms with Crippen LogP contribution in [0.1, 0.15) is 19.8 Å². The van der Waals surface area contributed by atoms with Crippen LogP contribution in [0.4, 0.5) is 4.79 Å². The summed E-state index contributed by atoms with van der Waals surface area (Å²) in [7, 11) is 0. The smallest absolute Gasteiger partial charge is 0.409 e. The number of aliphatic hydroxyl groups is 1. The van der Waals surface area contributed by atoms with Crippen molar-refractivity contribution in [3.05, 3.63) is 0 Å². The molecule has 0 saturated carbocycles. The second kappa shape index (κ2) is 4.34. The number of likely N-dealkylation sites (tertiary alicyclic amines) is 1. The molecule has 1 rings (SSSR count). The predicted molar refractivity (Wildman–Crippen MR) is 51.6 cm³/mol. The first-order valence-corrected chi connectivity index (χ1v) is 4.73. The molecule has 4 heteroatoms. The van der Waals surface area contributed by atoms with Crippen molar-refractivity contribution in [2.75, 3.05) is 19.7 Å². The van der Waals surface area contributed by atoms with E-state index < -0.39 is 5.60 Å². The average molecular weight is 197 g/mol. The topological polar surface area (TPSA) is 49.8 Å². The Bertz CT molecular complexity index is 249. The van der Waals surface area contributed by atoms with Gasteiger partial charge < -0.3 is 14.7 Å². The Hall–Kier alpha value is -1.21. The maximum Gasteiger partial charge on any atom is 0.409 e. The number of hydrogen-bond donors (Lipinski definition) is 1. The zero-order valence-corrected chi connectivity index (χ0v) is 8.32. The molecule has 14 heavy (non-hydrogen) atoms. The quantitative estimate of drug-likeness (QED) is 0.626. The number of carbonyl (C=O) groups excluding carboxylic acids is 1. The van der Waals surface area contributed by atoms with Crippen LogP contribution >= 0.6 is 0 Å². The highest BCUT2D eigenvalue weighted by molar-refractivity contribution is 5.67. The SMILES string of the molecule is C#CC1(O)CCN(C(=O)OCC)CC1. The summed E-state index contributed by atoms with van der Waals surface area (Å²) in [6, 6.07) is 0. The zero-order chi connectivity index (χ0) is 10.6. The lowest BCUT2D eigenvalue weighted by atomic mass is 9.93. The van der Waals surface area contributed by atoms with Crippen molar-refractivity contribution in [1.29, 1.82) is 0 Å². The van der Waals surface area contributed by atoms with Crippen LogP contribution in [0.15, 0.2) is 0 Å². The van der Waals surface area contributed by atoms with Crippen LogP contribution in [-0.2, 0) is 4.74 Å². The molecule has 0 aromatic rings. The molecule has 0 radical (unpaired) electrons. The Morgan fingerprint density at radius 2 is 2.21 bits per heavy atom. The van der Waals surface area contributed by atoms with Crippen LogP contribution in [0.5, 0.6) is 0 Å². The third-order valence-corrected chi connectivity index (χ3v) is 2.39. The minimum absolute atomic E-state index is 0.327. The van der Waals surface area contributed by atoms with Gasteiger partial charge in [-0.05, 0) is 6.92 Å².